The zero-order chi connectivity index (χ0) is 27.9. The molecule has 5 aromatic rings. The average molecular weight is 560 g/mol. The summed E-state index contributed by atoms with van der Waals surface area (Å²) < 4.78 is 50.0. The molecule has 0 fully saturated rings. The van der Waals surface area contributed by atoms with Crippen molar-refractivity contribution in [1.82, 2.24) is 39.5 Å². The Balaban J connectivity index is 1.59. The highest BCUT2D eigenvalue weighted by molar-refractivity contribution is 6.31. The number of benzene rings is 1. The van der Waals surface area contributed by atoms with Gasteiger partial charge in [-0.1, -0.05) is 23.7 Å². The normalized spacial score (nSPS) is 12.6. The second kappa shape index (κ2) is 10.0. The topological polar surface area (TPSA) is 115 Å². The van der Waals surface area contributed by atoms with Crippen LogP contribution in [0.15, 0.2) is 55.4 Å². The smallest absolute Gasteiger partial charge is 0.436 e. The molecule has 0 saturated carbocycles. The van der Waals surface area contributed by atoms with E-state index in [2.05, 4.69) is 25.5 Å². The van der Waals surface area contributed by atoms with Gasteiger partial charge in [0.1, 0.15) is 18.1 Å². The number of nitrogens with zero attached hydrogens (tertiary/aromatic N) is 9. The van der Waals surface area contributed by atoms with Crippen LogP contribution in [0.5, 0.6) is 5.75 Å². The second-order valence-corrected chi connectivity index (χ2v) is 8.99. The van der Waals surface area contributed by atoms with Gasteiger partial charge in [0.2, 0.25) is 5.69 Å². The Labute approximate surface area is 224 Å². The zero-order valence-corrected chi connectivity index (χ0v) is 21.6. The lowest BCUT2D eigenvalue weighted by atomic mass is 10.0. The molecule has 0 radical (unpaired) electrons. The summed E-state index contributed by atoms with van der Waals surface area (Å²) in [6, 6.07) is 5.62. The third-order valence-electron chi connectivity index (χ3n) is 6.16. The third kappa shape index (κ3) is 4.90. The number of hydrogen-bond donors (Lipinski definition) is 0. The largest absolute Gasteiger partial charge is 0.618 e. The fourth-order valence-corrected chi connectivity index (χ4v) is 4.47. The number of pyridine rings is 1. The van der Waals surface area contributed by atoms with Gasteiger partial charge in [-0.2, -0.15) is 28.1 Å². The van der Waals surface area contributed by atoms with Crippen molar-refractivity contribution in [3.63, 3.8) is 0 Å². The molecule has 202 valence electrons. The minimum Gasteiger partial charge on any atom is -0.618 e. The van der Waals surface area contributed by atoms with E-state index in [1.807, 2.05) is 6.92 Å². The lowest BCUT2D eigenvalue weighted by molar-refractivity contribution is -0.615. The lowest BCUT2D eigenvalue weighted by Crippen LogP contribution is -2.35. The molecule has 0 bridgehead atoms. The predicted molar refractivity (Wildman–Crippen MR) is 133 cm³/mol. The van der Waals surface area contributed by atoms with E-state index in [0.29, 0.717) is 44.6 Å². The SMILES string of the molecule is CC[C@@H](c1cc(OC)c(-c2cc(Cl)ccc2-n2cc(C(F)(F)F)nn2)c[n+]1[O-])n1cc(-c2ncnn2C)cn1. The summed E-state index contributed by atoms with van der Waals surface area (Å²) in [7, 11) is 3.19. The first kappa shape index (κ1) is 26.2. The van der Waals surface area contributed by atoms with Gasteiger partial charge in [0.25, 0.3) is 0 Å². The summed E-state index contributed by atoms with van der Waals surface area (Å²) in [6.45, 7) is 1.91. The highest BCUT2D eigenvalue weighted by atomic mass is 35.5. The van der Waals surface area contributed by atoms with Crippen LogP contribution in [0, 0.1) is 5.21 Å². The van der Waals surface area contributed by atoms with Crippen LogP contribution in [0.25, 0.3) is 28.2 Å². The number of rotatable bonds is 7. The van der Waals surface area contributed by atoms with Crippen LogP contribution in [0.4, 0.5) is 13.2 Å². The second-order valence-electron chi connectivity index (χ2n) is 8.55. The van der Waals surface area contributed by atoms with Gasteiger partial charge in [0.15, 0.2) is 17.7 Å². The molecule has 0 saturated heterocycles. The van der Waals surface area contributed by atoms with Crippen LogP contribution in [-0.4, -0.2) is 46.6 Å². The van der Waals surface area contributed by atoms with E-state index in [1.165, 1.54) is 37.8 Å². The van der Waals surface area contributed by atoms with Crippen molar-refractivity contribution >= 4 is 11.6 Å². The molecule has 1 atom stereocenters. The fraction of sp³-hybridized carbons (Fsp3) is 0.250. The highest BCUT2D eigenvalue weighted by Gasteiger charge is 2.35. The number of ether oxygens (including phenoxy) is 1. The zero-order valence-electron chi connectivity index (χ0n) is 20.8. The minimum absolute atomic E-state index is 0.223. The Bertz CT molecular complexity index is 1640. The van der Waals surface area contributed by atoms with E-state index in [0.717, 1.165) is 16.4 Å². The molecule has 0 aliphatic heterocycles. The average Bonchev–Trinajstić information content (AvgIpc) is 3.66. The molecule has 0 spiro atoms. The molecule has 0 aliphatic rings. The first-order valence-corrected chi connectivity index (χ1v) is 12.0. The van der Waals surface area contributed by atoms with Crippen molar-refractivity contribution in [3.8, 4) is 34.0 Å². The fourth-order valence-electron chi connectivity index (χ4n) is 4.29. The first-order valence-electron chi connectivity index (χ1n) is 11.6. The van der Waals surface area contributed by atoms with Crippen LogP contribution in [0.2, 0.25) is 5.02 Å². The van der Waals surface area contributed by atoms with Crippen LogP contribution in [0.1, 0.15) is 30.8 Å². The van der Waals surface area contributed by atoms with E-state index in [-0.39, 0.29) is 5.69 Å². The number of alkyl halides is 3. The van der Waals surface area contributed by atoms with Crippen molar-refractivity contribution in [2.45, 2.75) is 25.6 Å². The van der Waals surface area contributed by atoms with Gasteiger partial charge in [-0.25, -0.2) is 14.3 Å². The van der Waals surface area contributed by atoms with Gasteiger partial charge < -0.3 is 9.94 Å². The molecule has 4 heterocycles. The van der Waals surface area contributed by atoms with Gasteiger partial charge in [-0.05, 0) is 24.6 Å². The maximum absolute atomic E-state index is 13.4. The van der Waals surface area contributed by atoms with Gasteiger partial charge in [0.05, 0.1) is 42.4 Å². The van der Waals surface area contributed by atoms with E-state index < -0.39 is 17.9 Å². The number of aromatic nitrogens is 9. The summed E-state index contributed by atoms with van der Waals surface area (Å²) in [6.07, 6.45) is 2.75. The van der Waals surface area contributed by atoms with Gasteiger partial charge in [-0.15, -0.1) is 5.10 Å². The molecular weight excluding hydrogens is 539 g/mol. The van der Waals surface area contributed by atoms with Crippen LogP contribution in [-0.2, 0) is 13.2 Å². The Kier molecular flexibility index (Phi) is 6.72. The lowest BCUT2D eigenvalue weighted by Gasteiger charge is -2.19. The quantitative estimate of drug-likeness (QED) is 0.216. The molecule has 0 aliphatic carbocycles. The number of methoxy groups -OCH3 is 1. The Hall–Kier alpha value is -4.46. The Morgan fingerprint density at radius 2 is 1.95 bits per heavy atom. The van der Waals surface area contributed by atoms with E-state index in [9.17, 15) is 18.4 Å². The predicted octanol–water partition coefficient (Wildman–Crippen LogP) is 4.24. The Morgan fingerprint density at radius 3 is 2.59 bits per heavy atom. The van der Waals surface area contributed by atoms with E-state index in [4.69, 9.17) is 16.3 Å². The molecule has 0 amide bonds. The van der Waals surface area contributed by atoms with E-state index in [1.54, 1.807) is 34.9 Å². The third-order valence-corrected chi connectivity index (χ3v) is 6.40. The van der Waals surface area contributed by atoms with Crippen molar-refractivity contribution in [1.29, 1.82) is 0 Å². The van der Waals surface area contributed by atoms with E-state index >= 15 is 0 Å². The van der Waals surface area contributed by atoms with Crippen LogP contribution >= 0.6 is 11.6 Å². The molecule has 5 rings (SSSR count). The molecule has 1 aromatic carbocycles. The minimum atomic E-state index is -4.67. The van der Waals surface area contributed by atoms with Crippen molar-refractivity contribution < 1.29 is 22.6 Å². The highest BCUT2D eigenvalue weighted by Crippen LogP contribution is 2.37. The molecule has 0 N–H and O–H groups in total. The van der Waals surface area contributed by atoms with Crippen molar-refractivity contribution in [2.24, 2.45) is 7.05 Å². The maximum atomic E-state index is 13.4. The molecular formula is C24H21ClF3N9O2. The summed E-state index contributed by atoms with van der Waals surface area (Å²) in [5.74, 6) is 0.921. The molecule has 0 unspecified atom stereocenters. The summed E-state index contributed by atoms with van der Waals surface area (Å²) >= 11 is 6.23. The molecule has 39 heavy (non-hydrogen) atoms. The Morgan fingerprint density at radius 1 is 1.15 bits per heavy atom. The monoisotopic (exact) mass is 559 g/mol. The number of halogens is 4. The summed E-state index contributed by atoms with van der Waals surface area (Å²) in [5, 5.41) is 29.1. The van der Waals surface area contributed by atoms with Gasteiger partial charge in [-0.3, -0.25) is 4.68 Å². The molecule has 11 nitrogen and oxygen atoms in total. The maximum Gasteiger partial charge on any atom is 0.436 e. The number of aryl methyl sites for hydroxylation is 1. The van der Waals surface area contributed by atoms with Crippen molar-refractivity contribution in [3.05, 3.63) is 77.0 Å². The summed E-state index contributed by atoms with van der Waals surface area (Å²) in [4.78, 5) is 4.23. The van der Waals surface area contributed by atoms with Crippen LogP contribution < -0.4 is 9.47 Å². The molecule has 15 heteroatoms. The first-order chi connectivity index (χ1) is 18.6. The van der Waals surface area contributed by atoms with Crippen LogP contribution in [0.3, 0.4) is 0 Å². The van der Waals surface area contributed by atoms with Crippen molar-refractivity contribution in [2.75, 3.05) is 7.11 Å². The number of hydrogen-bond acceptors (Lipinski definition) is 7. The standard InChI is InChI=1S/C24H21ClF3N9O2/c1-4-18(35-10-14(9-30-35)23-29-13-31-34(23)2)20-8-21(39-3)17(11-37(20)38)16-7-15(25)5-6-19(16)36-12-22(32-33-36)24(26,27)28/h5-13,18H,4H2,1-3H3/t18-/m0/s1. The molecule has 4 aromatic heterocycles. The summed E-state index contributed by atoms with van der Waals surface area (Å²) in [5.41, 5.74) is 0.758. The van der Waals surface area contributed by atoms with Gasteiger partial charge >= 0.3 is 6.18 Å². The van der Waals surface area contributed by atoms with Gasteiger partial charge in [0, 0.05) is 23.8 Å².